The Morgan fingerprint density at radius 2 is 1.69 bits per heavy atom. The smallest absolute Gasteiger partial charge is 1.00 e. The molecule has 2 nitrogen and oxygen atoms in total. The molecule has 0 aliphatic heterocycles. The van der Waals surface area contributed by atoms with E-state index in [1.165, 1.54) is 11.5 Å². The van der Waals surface area contributed by atoms with Crippen LogP contribution in [0.1, 0.15) is 5.56 Å². The number of rotatable bonds is 2. The standard InChI is InChI=1S/C10H9NOS.2ClH.Mg/c12-10-6-7-13-11(10)8-9-4-2-1-3-5-9;;;/h1-7H,8H2;2*1H;/q;;;+2/p-2. The quantitative estimate of drug-likeness (QED) is 0.511. The Balaban J connectivity index is 0. The second kappa shape index (κ2) is 9.07. The molecule has 0 radical (unpaired) electrons. The van der Waals surface area contributed by atoms with Crippen molar-refractivity contribution in [2.24, 2.45) is 0 Å². The summed E-state index contributed by atoms with van der Waals surface area (Å²) < 4.78 is 1.73. The van der Waals surface area contributed by atoms with E-state index < -0.39 is 0 Å². The zero-order chi connectivity index (χ0) is 9.10. The Morgan fingerprint density at radius 3 is 2.19 bits per heavy atom. The van der Waals surface area contributed by atoms with E-state index in [4.69, 9.17) is 0 Å². The van der Waals surface area contributed by atoms with Crippen LogP contribution in [0.5, 0.6) is 0 Å². The SMILES string of the molecule is O=c1ccsn1Cc1ccccc1.[Cl-].[Cl-].[Mg+2]. The van der Waals surface area contributed by atoms with Gasteiger partial charge >= 0.3 is 23.1 Å². The molecule has 1 aromatic heterocycles. The molecule has 0 aliphatic rings. The van der Waals surface area contributed by atoms with Crippen LogP contribution in [0.15, 0.2) is 46.6 Å². The molecule has 1 heterocycles. The minimum atomic E-state index is 0. The topological polar surface area (TPSA) is 22.0 Å². The Kier molecular flexibility index (Phi) is 10.4. The molecule has 0 unspecified atom stereocenters. The second-order valence-corrected chi connectivity index (χ2v) is 3.69. The molecule has 2 rings (SSSR count). The van der Waals surface area contributed by atoms with Crippen LogP contribution in [-0.4, -0.2) is 27.0 Å². The largest absolute Gasteiger partial charge is 2.00 e. The third-order valence-corrected chi connectivity index (χ3v) is 2.63. The molecule has 82 valence electrons. The second-order valence-electron chi connectivity index (χ2n) is 2.77. The van der Waals surface area contributed by atoms with E-state index in [0.29, 0.717) is 6.54 Å². The Bertz CT molecular complexity index is 443. The van der Waals surface area contributed by atoms with Crippen LogP contribution in [0.2, 0.25) is 0 Å². The van der Waals surface area contributed by atoms with Crippen molar-refractivity contribution >= 4 is 34.6 Å². The molecule has 0 aliphatic carbocycles. The van der Waals surface area contributed by atoms with E-state index in [0.717, 1.165) is 5.56 Å². The third kappa shape index (κ3) is 4.89. The van der Waals surface area contributed by atoms with E-state index >= 15 is 0 Å². The molecule has 16 heavy (non-hydrogen) atoms. The zero-order valence-corrected chi connectivity index (χ0v) is 12.2. The fourth-order valence-corrected chi connectivity index (χ4v) is 1.87. The average molecular weight is 286 g/mol. The van der Waals surface area contributed by atoms with Crippen molar-refractivity contribution < 1.29 is 24.8 Å². The number of benzene rings is 1. The number of nitrogens with zero attached hydrogens (tertiary/aromatic N) is 1. The molecule has 0 amide bonds. The van der Waals surface area contributed by atoms with Gasteiger partial charge in [-0.05, 0) is 5.56 Å². The zero-order valence-electron chi connectivity index (χ0n) is 8.48. The summed E-state index contributed by atoms with van der Waals surface area (Å²) in [5, 5.41) is 1.81. The van der Waals surface area contributed by atoms with Crippen LogP contribution < -0.4 is 30.4 Å². The van der Waals surface area contributed by atoms with Crippen molar-refractivity contribution in [3.63, 3.8) is 0 Å². The number of hydrogen-bond acceptors (Lipinski definition) is 2. The summed E-state index contributed by atoms with van der Waals surface area (Å²) in [6, 6.07) is 11.6. The molecule has 0 fully saturated rings. The Labute approximate surface area is 127 Å². The molecule has 0 N–H and O–H groups in total. The first-order valence-corrected chi connectivity index (χ1v) is 4.89. The molecular formula is C10H9Cl2MgNOS. The van der Waals surface area contributed by atoms with Gasteiger partial charge in [0.2, 0.25) is 0 Å². The van der Waals surface area contributed by atoms with Crippen LogP contribution in [0.4, 0.5) is 0 Å². The van der Waals surface area contributed by atoms with Gasteiger partial charge in [0.25, 0.3) is 5.56 Å². The first-order chi connectivity index (χ1) is 6.36. The fraction of sp³-hybridized carbons (Fsp3) is 0.100. The normalized spacial score (nSPS) is 8.25. The van der Waals surface area contributed by atoms with Crippen molar-refractivity contribution in [3.05, 3.63) is 57.7 Å². The monoisotopic (exact) mass is 285 g/mol. The molecule has 2 aromatic rings. The maximum atomic E-state index is 11.2. The summed E-state index contributed by atoms with van der Waals surface area (Å²) in [6.07, 6.45) is 0. The van der Waals surface area contributed by atoms with Gasteiger partial charge in [0.15, 0.2) is 0 Å². The molecule has 0 spiro atoms. The van der Waals surface area contributed by atoms with E-state index in [-0.39, 0.29) is 53.4 Å². The Morgan fingerprint density at radius 1 is 1.06 bits per heavy atom. The van der Waals surface area contributed by atoms with Crippen molar-refractivity contribution in [2.75, 3.05) is 0 Å². The number of halogens is 2. The van der Waals surface area contributed by atoms with Crippen LogP contribution in [0, 0.1) is 0 Å². The summed E-state index contributed by atoms with van der Waals surface area (Å²) in [5.74, 6) is 0. The molecule has 0 saturated carbocycles. The first kappa shape index (κ1) is 18.4. The average Bonchev–Trinajstić information content (AvgIpc) is 2.54. The van der Waals surface area contributed by atoms with E-state index in [1.54, 1.807) is 10.0 Å². The van der Waals surface area contributed by atoms with Crippen molar-refractivity contribution in [3.8, 4) is 0 Å². The van der Waals surface area contributed by atoms with Gasteiger partial charge in [0, 0.05) is 11.4 Å². The van der Waals surface area contributed by atoms with Crippen LogP contribution in [-0.2, 0) is 6.54 Å². The van der Waals surface area contributed by atoms with Crippen molar-refractivity contribution in [1.82, 2.24) is 3.96 Å². The van der Waals surface area contributed by atoms with Crippen molar-refractivity contribution in [2.45, 2.75) is 6.54 Å². The van der Waals surface area contributed by atoms with Gasteiger partial charge in [-0.1, -0.05) is 41.9 Å². The van der Waals surface area contributed by atoms with Gasteiger partial charge in [0.1, 0.15) is 0 Å². The molecule has 1 aromatic carbocycles. The van der Waals surface area contributed by atoms with Crippen LogP contribution >= 0.6 is 11.5 Å². The molecule has 6 heteroatoms. The third-order valence-electron chi connectivity index (χ3n) is 1.81. The first-order valence-electron chi connectivity index (χ1n) is 4.05. The molecule has 0 saturated heterocycles. The summed E-state index contributed by atoms with van der Waals surface area (Å²) in [7, 11) is 0. The summed E-state index contributed by atoms with van der Waals surface area (Å²) in [6.45, 7) is 0.678. The summed E-state index contributed by atoms with van der Waals surface area (Å²) in [4.78, 5) is 11.2. The van der Waals surface area contributed by atoms with Gasteiger partial charge in [-0.25, -0.2) is 0 Å². The number of hydrogen-bond donors (Lipinski definition) is 0. The fourth-order valence-electron chi connectivity index (χ4n) is 1.16. The van der Waals surface area contributed by atoms with Crippen LogP contribution in [0.25, 0.3) is 0 Å². The van der Waals surface area contributed by atoms with Gasteiger partial charge < -0.3 is 24.8 Å². The van der Waals surface area contributed by atoms with Gasteiger partial charge in [0.05, 0.1) is 6.54 Å². The summed E-state index contributed by atoms with van der Waals surface area (Å²) >= 11 is 1.45. The Hall–Kier alpha value is -0.00377. The van der Waals surface area contributed by atoms with Gasteiger partial charge in [-0.3, -0.25) is 8.75 Å². The van der Waals surface area contributed by atoms with E-state index in [9.17, 15) is 4.79 Å². The molecular weight excluding hydrogens is 277 g/mol. The number of aromatic nitrogens is 1. The van der Waals surface area contributed by atoms with Gasteiger partial charge in [-0.2, -0.15) is 0 Å². The summed E-state index contributed by atoms with van der Waals surface area (Å²) in [5.41, 5.74) is 1.24. The van der Waals surface area contributed by atoms with Crippen LogP contribution in [0.3, 0.4) is 0 Å². The van der Waals surface area contributed by atoms with E-state index in [2.05, 4.69) is 0 Å². The predicted octanol–water partition coefficient (Wildman–Crippen LogP) is -4.41. The molecule has 0 atom stereocenters. The van der Waals surface area contributed by atoms with E-state index in [1.807, 2.05) is 35.7 Å². The minimum absolute atomic E-state index is 0. The van der Waals surface area contributed by atoms with Crippen molar-refractivity contribution in [1.29, 1.82) is 0 Å². The predicted molar refractivity (Wildman–Crippen MR) is 59.9 cm³/mol. The minimum Gasteiger partial charge on any atom is -1.00 e. The maximum absolute atomic E-state index is 11.2. The molecule has 0 bridgehead atoms. The van der Waals surface area contributed by atoms with Gasteiger partial charge in [-0.15, -0.1) is 0 Å². The maximum Gasteiger partial charge on any atom is 2.00 e.